The van der Waals surface area contributed by atoms with Crippen molar-refractivity contribution in [2.75, 3.05) is 6.54 Å². The van der Waals surface area contributed by atoms with E-state index < -0.39 is 0 Å². The molecule has 22 heavy (non-hydrogen) atoms. The van der Waals surface area contributed by atoms with Crippen LogP contribution in [0.1, 0.15) is 97.8 Å². The largest absolute Gasteiger partial charge is 0.313 e. The third-order valence-corrected chi connectivity index (χ3v) is 6.84. The van der Waals surface area contributed by atoms with Crippen molar-refractivity contribution in [2.45, 2.75) is 103 Å². The molecule has 0 aromatic heterocycles. The number of hydrogen-bond acceptors (Lipinski definition) is 2. The average Bonchev–Trinajstić information content (AvgIpc) is 2.69. The molecule has 1 aliphatic carbocycles. The quantitative estimate of drug-likeness (QED) is 0.734. The summed E-state index contributed by atoms with van der Waals surface area (Å²) in [5.41, 5.74) is 7.16. The van der Waals surface area contributed by atoms with Gasteiger partial charge in [0.05, 0.1) is 5.66 Å². The SMILES string of the molecule is CC(C)C1CCNC(N)(C2(C)CCCCCCCCC2)CC1. The molecule has 0 amide bonds. The number of nitrogens with two attached hydrogens (primary N) is 1. The molecular weight excluding hydrogens is 268 g/mol. The van der Waals surface area contributed by atoms with Gasteiger partial charge >= 0.3 is 0 Å². The summed E-state index contributed by atoms with van der Waals surface area (Å²) in [4.78, 5) is 0. The zero-order valence-corrected chi connectivity index (χ0v) is 15.4. The zero-order chi connectivity index (χ0) is 16.1. The Morgan fingerprint density at radius 1 is 0.864 bits per heavy atom. The number of rotatable bonds is 2. The fourth-order valence-corrected chi connectivity index (χ4v) is 4.79. The highest BCUT2D eigenvalue weighted by Gasteiger charge is 2.45. The van der Waals surface area contributed by atoms with E-state index in [2.05, 4.69) is 26.1 Å². The van der Waals surface area contributed by atoms with Crippen LogP contribution >= 0.6 is 0 Å². The van der Waals surface area contributed by atoms with Crippen LogP contribution < -0.4 is 11.1 Å². The fraction of sp³-hybridized carbons (Fsp3) is 1.00. The normalized spacial score (nSPS) is 35.0. The van der Waals surface area contributed by atoms with Crippen LogP contribution in [0.15, 0.2) is 0 Å². The van der Waals surface area contributed by atoms with E-state index >= 15 is 0 Å². The molecule has 1 saturated heterocycles. The molecule has 2 aliphatic rings. The Bertz CT molecular complexity index is 316. The van der Waals surface area contributed by atoms with E-state index in [-0.39, 0.29) is 11.1 Å². The highest BCUT2D eigenvalue weighted by atomic mass is 15.1. The Hall–Kier alpha value is -0.0800. The van der Waals surface area contributed by atoms with E-state index in [1.165, 1.54) is 70.6 Å². The van der Waals surface area contributed by atoms with Crippen molar-refractivity contribution in [1.29, 1.82) is 0 Å². The van der Waals surface area contributed by atoms with Gasteiger partial charge in [-0.15, -0.1) is 0 Å². The summed E-state index contributed by atoms with van der Waals surface area (Å²) >= 11 is 0. The Morgan fingerprint density at radius 3 is 1.95 bits per heavy atom. The van der Waals surface area contributed by atoms with Gasteiger partial charge in [-0.2, -0.15) is 0 Å². The summed E-state index contributed by atoms with van der Waals surface area (Å²) in [6, 6.07) is 0. The van der Waals surface area contributed by atoms with Crippen LogP contribution in [-0.2, 0) is 0 Å². The topological polar surface area (TPSA) is 38.0 Å². The van der Waals surface area contributed by atoms with Crippen molar-refractivity contribution in [2.24, 2.45) is 23.0 Å². The molecule has 2 atom stereocenters. The van der Waals surface area contributed by atoms with Gasteiger partial charge in [0.2, 0.25) is 0 Å². The Labute approximate surface area is 139 Å². The molecular formula is C20H40N2. The predicted molar refractivity (Wildman–Crippen MR) is 96.8 cm³/mol. The van der Waals surface area contributed by atoms with Gasteiger partial charge in [-0.05, 0) is 55.9 Å². The summed E-state index contributed by atoms with van der Waals surface area (Å²) in [7, 11) is 0. The van der Waals surface area contributed by atoms with Crippen LogP contribution in [0, 0.1) is 17.3 Å². The third-order valence-electron chi connectivity index (χ3n) is 6.84. The highest BCUT2D eigenvalue weighted by Crippen LogP contribution is 2.43. The van der Waals surface area contributed by atoms with Gasteiger partial charge in [0.25, 0.3) is 0 Å². The summed E-state index contributed by atoms with van der Waals surface area (Å²) in [5.74, 6) is 1.64. The summed E-state index contributed by atoms with van der Waals surface area (Å²) in [6.07, 6.45) is 16.2. The molecule has 2 unspecified atom stereocenters. The van der Waals surface area contributed by atoms with Crippen molar-refractivity contribution in [3.8, 4) is 0 Å². The predicted octanol–water partition coefficient (Wildman–Crippen LogP) is 5.22. The molecule has 0 spiro atoms. The second kappa shape index (κ2) is 8.15. The number of hydrogen-bond donors (Lipinski definition) is 2. The van der Waals surface area contributed by atoms with E-state index in [0.717, 1.165) is 24.8 Å². The second-order valence-corrected chi connectivity index (χ2v) is 8.77. The smallest absolute Gasteiger partial charge is 0.0717 e. The van der Waals surface area contributed by atoms with Gasteiger partial charge in [-0.25, -0.2) is 0 Å². The summed E-state index contributed by atoms with van der Waals surface area (Å²) in [5, 5.41) is 3.82. The van der Waals surface area contributed by atoms with Crippen LogP contribution in [0.5, 0.6) is 0 Å². The summed E-state index contributed by atoms with van der Waals surface area (Å²) in [6.45, 7) is 8.34. The van der Waals surface area contributed by atoms with Crippen LogP contribution in [-0.4, -0.2) is 12.2 Å². The lowest BCUT2D eigenvalue weighted by Crippen LogP contribution is -2.63. The van der Waals surface area contributed by atoms with E-state index in [4.69, 9.17) is 5.73 Å². The molecule has 2 fully saturated rings. The average molecular weight is 309 g/mol. The highest BCUT2D eigenvalue weighted by molar-refractivity contribution is 5.00. The first kappa shape index (κ1) is 18.3. The van der Waals surface area contributed by atoms with E-state index in [1.807, 2.05) is 0 Å². The molecule has 3 N–H and O–H groups in total. The standard InChI is InChI=1S/C20H40N2/c1-17(2)18-11-15-20(21,22-16-12-18)19(3)13-9-7-5-4-6-8-10-14-19/h17-18,22H,4-16,21H2,1-3H3. The number of nitrogens with one attached hydrogen (secondary N) is 1. The van der Waals surface area contributed by atoms with Gasteiger partial charge in [0, 0.05) is 0 Å². The van der Waals surface area contributed by atoms with E-state index in [1.54, 1.807) is 0 Å². The molecule has 0 aromatic carbocycles. The van der Waals surface area contributed by atoms with Gasteiger partial charge in [-0.3, -0.25) is 5.32 Å². The molecule has 0 aromatic rings. The van der Waals surface area contributed by atoms with Crippen molar-refractivity contribution in [3.63, 3.8) is 0 Å². The third kappa shape index (κ3) is 4.47. The van der Waals surface area contributed by atoms with Crippen molar-refractivity contribution < 1.29 is 0 Å². The molecule has 130 valence electrons. The van der Waals surface area contributed by atoms with Crippen LogP contribution in [0.4, 0.5) is 0 Å². The van der Waals surface area contributed by atoms with Crippen molar-refractivity contribution >= 4 is 0 Å². The maximum Gasteiger partial charge on any atom is 0.0717 e. The van der Waals surface area contributed by atoms with Gasteiger partial charge in [-0.1, -0.05) is 65.7 Å². The molecule has 2 nitrogen and oxygen atoms in total. The van der Waals surface area contributed by atoms with Gasteiger partial charge in [0.15, 0.2) is 0 Å². The van der Waals surface area contributed by atoms with Gasteiger partial charge in [0.1, 0.15) is 0 Å². The lowest BCUT2D eigenvalue weighted by atomic mass is 9.67. The molecule has 2 rings (SSSR count). The Balaban J connectivity index is 2.06. The zero-order valence-electron chi connectivity index (χ0n) is 15.4. The van der Waals surface area contributed by atoms with Crippen LogP contribution in [0.3, 0.4) is 0 Å². The van der Waals surface area contributed by atoms with Crippen molar-refractivity contribution in [3.05, 3.63) is 0 Å². The first-order chi connectivity index (χ1) is 10.5. The Morgan fingerprint density at radius 2 is 1.41 bits per heavy atom. The second-order valence-electron chi connectivity index (χ2n) is 8.77. The van der Waals surface area contributed by atoms with Crippen LogP contribution in [0.25, 0.3) is 0 Å². The van der Waals surface area contributed by atoms with Crippen LogP contribution in [0.2, 0.25) is 0 Å². The maximum absolute atomic E-state index is 7.03. The van der Waals surface area contributed by atoms with E-state index in [9.17, 15) is 0 Å². The first-order valence-electron chi connectivity index (χ1n) is 10.0. The minimum atomic E-state index is -0.143. The molecule has 1 aliphatic heterocycles. The minimum Gasteiger partial charge on any atom is -0.313 e. The molecule has 1 saturated carbocycles. The first-order valence-corrected chi connectivity index (χ1v) is 10.0. The lowest BCUT2D eigenvalue weighted by molar-refractivity contribution is 0.0681. The molecule has 1 heterocycles. The maximum atomic E-state index is 7.03. The molecule has 0 radical (unpaired) electrons. The van der Waals surface area contributed by atoms with E-state index in [0.29, 0.717) is 0 Å². The molecule has 2 heteroatoms. The Kier molecular flexibility index (Phi) is 6.76. The minimum absolute atomic E-state index is 0.143. The molecule has 0 bridgehead atoms. The monoisotopic (exact) mass is 308 g/mol. The summed E-state index contributed by atoms with van der Waals surface area (Å²) < 4.78 is 0. The lowest BCUT2D eigenvalue weighted by Gasteiger charge is -2.47. The van der Waals surface area contributed by atoms with Gasteiger partial charge < -0.3 is 5.73 Å². The fourth-order valence-electron chi connectivity index (χ4n) is 4.79. The van der Waals surface area contributed by atoms with Crippen molar-refractivity contribution in [1.82, 2.24) is 5.32 Å².